The Labute approximate surface area is 161 Å². The maximum atomic E-state index is 2.90. The average molecular weight is 354 g/mol. The van der Waals surface area contributed by atoms with Gasteiger partial charge >= 0.3 is 0 Å². The van der Waals surface area contributed by atoms with E-state index in [9.17, 15) is 0 Å². The van der Waals surface area contributed by atoms with Crippen LogP contribution < -0.4 is 0 Å². The van der Waals surface area contributed by atoms with Crippen LogP contribution in [0.15, 0.2) is 0 Å². The molecule has 0 aliphatic heterocycles. The molecule has 0 heterocycles. The third-order valence-corrected chi connectivity index (χ3v) is 5.83. The third kappa shape index (κ3) is 12.1. The summed E-state index contributed by atoms with van der Waals surface area (Å²) in [7, 11) is 0. The molecule has 0 spiro atoms. The summed E-state index contributed by atoms with van der Waals surface area (Å²) in [6.45, 7) is 15.6. The normalized spacial score (nSPS) is 12.5. The lowest BCUT2D eigenvalue weighted by molar-refractivity contribution is 0.0491. The van der Waals surface area contributed by atoms with Crippen molar-refractivity contribution in [1.29, 1.82) is 0 Å². The summed E-state index contributed by atoms with van der Waals surface area (Å²) >= 11 is 0. The number of hydrogen-bond acceptors (Lipinski definition) is 1. The van der Waals surface area contributed by atoms with Crippen LogP contribution in [0.3, 0.4) is 0 Å². The third-order valence-electron chi connectivity index (χ3n) is 5.83. The highest BCUT2D eigenvalue weighted by Gasteiger charge is 2.30. The summed E-state index contributed by atoms with van der Waals surface area (Å²) in [5.74, 6) is 0. The maximum absolute atomic E-state index is 2.90. The number of nitrogens with zero attached hydrogens (tertiary/aromatic N) is 1. The van der Waals surface area contributed by atoms with Crippen molar-refractivity contribution < 1.29 is 0 Å². The molecule has 1 heteroatoms. The molecule has 0 bridgehead atoms. The minimum atomic E-state index is 0.363. The van der Waals surface area contributed by atoms with Crippen molar-refractivity contribution in [2.75, 3.05) is 6.54 Å². The standard InChI is InChI=1S/C24H51N/c1-7-11-13-15-17-19-23(20-18-16-14-12-8-2)25(22-10-4)24(5,6)21-9-3/h23H,7-22H2,1-6H3. The van der Waals surface area contributed by atoms with Gasteiger partial charge in [-0.2, -0.15) is 0 Å². The summed E-state index contributed by atoms with van der Waals surface area (Å²) in [6, 6.07) is 0.810. The van der Waals surface area contributed by atoms with E-state index in [0.717, 1.165) is 6.04 Å². The van der Waals surface area contributed by atoms with Crippen molar-refractivity contribution in [2.45, 2.75) is 149 Å². The lowest BCUT2D eigenvalue weighted by Gasteiger charge is -2.44. The van der Waals surface area contributed by atoms with Crippen LogP contribution in [0.5, 0.6) is 0 Å². The molecule has 1 nitrogen and oxygen atoms in total. The number of rotatable bonds is 18. The first-order valence-electron chi connectivity index (χ1n) is 11.8. The van der Waals surface area contributed by atoms with Crippen LogP contribution in [0.4, 0.5) is 0 Å². The Morgan fingerprint density at radius 1 is 0.600 bits per heavy atom. The predicted octanol–water partition coefficient (Wildman–Crippen LogP) is 8.37. The zero-order chi connectivity index (χ0) is 19.0. The van der Waals surface area contributed by atoms with Gasteiger partial charge in [0, 0.05) is 11.6 Å². The van der Waals surface area contributed by atoms with Gasteiger partial charge in [-0.3, -0.25) is 4.90 Å². The van der Waals surface area contributed by atoms with Gasteiger partial charge < -0.3 is 0 Å². The Morgan fingerprint density at radius 2 is 1.08 bits per heavy atom. The van der Waals surface area contributed by atoms with Gasteiger partial charge in [-0.25, -0.2) is 0 Å². The lowest BCUT2D eigenvalue weighted by atomic mass is 9.90. The van der Waals surface area contributed by atoms with Crippen LogP contribution in [-0.2, 0) is 0 Å². The van der Waals surface area contributed by atoms with Crippen molar-refractivity contribution in [3.05, 3.63) is 0 Å². The van der Waals surface area contributed by atoms with Crippen molar-refractivity contribution in [3.63, 3.8) is 0 Å². The van der Waals surface area contributed by atoms with Gasteiger partial charge in [0.1, 0.15) is 0 Å². The molecule has 0 aromatic carbocycles. The quantitative estimate of drug-likeness (QED) is 0.224. The van der Waals surface area contributed by atoms with Gasteiger partial charge in [-0.05, 0) is 46.1 Å². The second kappa shape index (κ2) is 16.2. The van der Waals surface area contributed by atoms with E-state index < -0.39 is 0 Å². The van der Waals surface area contributed by atoms with Crippen LogP contribution in [0, 0.1) is 0 Å². The largest absolute Gasteiger partial charge is 0.295 e. The van der Waals surface area contributed by atoms with Gasteiger partial charge in [0.05, 0.1) is 0 Å². The Balaban J connectivity index is 4.70. The molecule has 0 aliphatic carbocycles. The second-order valence-electron chi connectivity index (χ2n) is 8.82. The molecule has 0 atom stereocenters. The van der Waals surface area contributed by atoms with E-state index in [1.807, 2.05) is 0 Å². The molecule has 0 amide bonds. The molecule has 0 aliphatic rings. The molecule has 0 rings (SSSR count). The fourth-order valence-electron chi connectivity index (χ4n) is 4.40. The molecular formula is C24H51N. The predicted molar refractivity (Wildman–Crippen MR) is 117 cm³/mol. The number of unbranched alkanes of at least 4 members (excludes halogenated alkanes) is 8. The molecule has 0 aromatic heterocycles. The van der Waals surface area contributed by atoms with Crippen LogP contribution in [0.25, 0.3) is 0 Å². The molecular weight excluding hydrogens is 302 g/mol. The Kier molecular flexibility index (Phi) is 16.1. The maximum Gasteiger partial charge on any atom is 0.0156 e. The smallest absolute Gasteiger partial charge is 0.0156 e. The first kappa shape index (κ1) is 25.0. The molecule has 0 saturated carbocycles. The van der Waals surface area contributed by atoms with Crippen LogP contribution in [0.2, 0.25) is 0 Å². The molecule has 0 fully saturated rings. The van der Waals surface area contributed by atoms with Gasteiger partial charge in [0.2, 0.25) is 0 Å². The van der Waals surface area contributed by atoms with E-state index in [1.54, 1.807) is 0 Å². The minimum absolute atomic E-state index is 0.363. The highest BCUT2D eigenvalue weighted by Crippen LogP contribution is 2.29. The van der Waals surface area contributed by atoms with Gasteiger partial charge in [0.15, 0.2) is 0 Å². The van der Waals surface area contributed by atoms with E-state index >= 15 is 0 Å². The van der Waals surface area contributed by atoms with Crippen molar-refractivity contribution in [2.24, 2.45) is 0 Å². The topological polar surface area (TPSA) is 3.24 Å². The summed E-state index contributed by atoms with van der Waals surface area (Å²) in [5, 5.41) is 0. The summed E-state index contributed by atoms with van der Waals surface area (Å²) in [5.41, 5.74) is 0.363. The highest BCUT2D eigenvalue weighted by molar-refractivity contribution is 4.86. The Hall–Kier alpha value is -0.0400. The monoisotopic (exact) mass is 353 g/mol. The zero-order valence-electron chi connectivity index (χ0n) is 18.8. The van der Waals surface area contributed by atoms with Crippen LogP contribution >= 0.6 is 0 Å². The SMILES string of the molecule is CCCCCCCC(CCCCCCC)N(CCC)C(C)(C)CCC. The fraction of sp³-hybridized carbons (Fsp3) is 1.00. The van der Waals surface area contributed by atoms with E-state index in [0.29, 0.717) is 5.54 Å². The van der Waals surface area contributed by atoms with Gasteiger partial charge in [-0.15, -0.1) is 0 Å². The van der Waals surface area contributed by atoms with E-state index in [-0.39, 0.29) is 0 Å². The molecule has 0 saturated heterocycles. The van der Waals surface area contributed by atoms with Crippen LogP contribution in [-0.4, -0.2) is 23.0 Å². The number of hydrogen-bond donors (Lipinski definition) is 0. The van der Waals surface area contributed by atoms with E-state index in [4.69, 9.17) is 0 Å². The molecule has 0 N–H and O–H groups in total. The summed E-state index contributed by atoms with van der Waals surface area (Å²) in [4.78, 5) is 2.90. The van der Waals surface area contributed by atoms with Crippen LogP contribution in [0.1, 0.15) is 138 Å². The molecule has 0 unspecified atom stereocenters. The molecule has 0 aromatic rings. The fourth-order valence-corrected chi connectivity index (χ4v) is 4.40. The van der Waals surface area contributed by atoms with Gasteiger partial charge in [0.25, 0.3) is 0 Å². The lowest BCUT2D eigenvalue weighted by Crippen LogP contribution is -2.50. The highest BCUT2D eigenvalue weighted by atomic mass is 15.2. The first-order chi connectivity index (χ1) is 12.0. The molecule has 25 heavy (non-hydrogen) atoms. The van der Waals surface area contributed by atoms with E-state index in [1.165, 1.54) is 103 Å². The second-order valence-corrected chi connectivity index (χ2v) is 8.82. The molecule has 0 radical (unpaired) electrons. The van der Waals surface area contributed by atoms with Crippen molar-refractivity contribution >= 4 is 0 Å². The van der Waals surface area contributed by atoms with Crippen molar-refractivity contribution in [1.82, 2.24) is 4.90 Å². The Bertz CT molecular complexity index is 257. The zero-order valence-corrected chi connectivity index (χ0v) is 18.8. The first-order valence-corrected chi connectivity index (χ1v) is 11.8. The van der Waals surface area contributed by atoms with Gasteiger partial charge in [-0.1, -0.05) is 98.3 Å². The van der Waals surface area contributed by atoms with E-state index in [2.05, 4.69) is 46.4 Å². The van der Waals surface area contributed by atoms with Crippen molar-refractivity contribution in [3.8, 4) is 0 Å². The summed E-state index contributed by atoms with van der Waals surface area (Å²) in [6.07, 6.45) is 20.9. The Morgan fingerprint density at radius 3 is 1.48 bits per heavy atom. The molecule has 152 valence electrons. The average Bonchev–Trinajstić information content (AvgIpc) is 2.57. The minimum Gasteiger partial charge on any atom is -0.295 e. The summed E-state index contributed by atoms with van der Waals surface area (Å²) < 4.78 is 0.